The smallest absolute Gasteiger partial charge is 0.152 e. The SMILES string of the molecule is Cc1csc(-c2ccc(Nc3ncncc3Cl)cc2)n1. The van der Waals surface area contributed by atoms with Crippen molar-refractivity contribution in [2.45, 2.75) is 6.92 Å². The van der Waals surface area contributed by atoms with Gasteiger partial charge in [0.1, 0.15) is 16.4 Å². The van der Waals surface area contributed by atoms with Gasteiger partial charge in [0.05, 0.1) is 6.20 Å². The predicted molar refractivity (Wildman–Crippen MR) is 82.6 cm³/mol. The number of rotatable bonds is 3. The summed E-state index contributed by atoms with van der Waals surface area (Å²) >= 11 is 7.65. The Morgan fingerprint density at radius 2 is 2.00 bits per heavy atom. The molecule has 0 aliphatic rings. The lowest BCUT2D eigenvalue weighted by molar-refractivity contribution is 1.17. The molecule has 0 radical (unpaired) electrons. The number of nitrogens with one attached hydrogen (secondary N) is 1. The average molecular weight is 303 g/mol. The van der Waals surface area contributed by atoms with Crippen LogP contribution in [-0.4, -0.2) is 15.0 Å². The minimum Gasteiger partial charge on any atom is -0.339 e. The molecule has 0 saturated heterocycles. The van der Waals surface area contributed by atoms with Crippen LogP contribution in [-0.2, 0) is 0 Å². The maximum absolute atomic E-state index is 6.01. The first kappa shape index (κ1) is 13.0. The Morgan fingerprint density at radius 1 is 1.20 bits per heavy atom. The van der Waals surface area contributed by atoms with Crippen molar-refractivity contribution in [3.05, 3.63) is 52.9 Å². The monoisotopic (exact) mass is 302 g/mol. The summed E-state index contributed by atoms with van der Waals surface area (Å²) < 4.78 is 0. The Kier molecular flexibility index (Phi) is 3.62. The van der Waals surface area contributed by atoms with E-state index >= 15 is 0 Å². The summed E-state index contributed by atoms with van der Waals surface area (Å²) in [6, 6.07) is 8.00. The first-order valence-corrected chi connectivity index (χ1v) is 7.23. The molecule has 0 bridgehead atoms. The lowest BCUT2D eigenvalue weighted by Gasteiger charge is -2.07. The summed E-state index contributed by atoms with van der Waals surface area (Å²) in [5.41, 5.74) is 3.06. The van der Waals surface area contributed by atoms with Gasteiger partial charge in [-0.3, -0.25) is 0 Å². The van der Waals surface area contributed by atoms with Crippen LogP contribution in [0.25, 0.3) is 10.6 Å². The van der Waals surface area contributed by atoms with Crippen molar-refractivity contribution < 1.29 is 0 Å². The van der Waals surface area contributed by atoms with E-state index in [1.54, 1.807) is 17.5 Å². The van der Waals surface area contributed by atoms with E-state index in [-0.39, 0.29) is 0 Å². The highest BCUT2D eigenvalue weighted by Gasteiger charge is 2.04. The lowest BCUT2D eigenvalue weighted by Crippen LogP contribution is -1.94. The summed E-state index contributed by atoms with van der Waals surface area (Å²) in [6.45, 7) is 1.99. The fourth-order valence-corrected chi connectivity index (χ4v) is 2.68. The normalized spacial score (nSPS) is 10.5. The Labute approximate surface area is 125 Å². The van der Waals surface area contributed by atoms with Crippen molar-refractivity contribution in [3.8, 4) is 10.6 Å². The first-order chi connectivity index (χ1) is 9.72. The molecule has 20 heavy (non-hydrogen) atoms. The molecule has 0 spiro atoms. The van der Waals surface area contributed by atoms with Crippen LogP contribution in [0.1, 0.15) is 5.69 Å². The van der Waals surface area contributed by atoms with Gasteiger partial charge in [0.2, 0.25) is 0 Å². The molecule has 4 nitrogen and oxygen atoms in total. The molecule has 0 aliphatic carbocycles. The fourth-order valence-electron chi connectivity index (χ4n) is 1.72. The van der Waals surface area contributed by atoms with Gasteiger partial charge in [0, 0.05) is 22.3 Å². The number of hydrogen-bond donors (Lipinski definition) is 1. The molecule has 6 heteroatoms. The molecule has 0 fully saturated rings. The van der Waals surface area contributed by atoms with Crippen molar-refractivity contribution in [1.29, 1.82) is 0 Å². The number of benzene rings is 1. The third-order valence-electron chi connectivity index (χ3n) is 2.68. The quantitative estimate of drug-likeness (QED) is 0.783. The van der Waals surface area contributed by atoms with Crippen LogP contribution < -0.4 is 5.32 Å². The topological polar surface area (TPSA) is 50.7 Å². The zero-order valence-corrected chi connectivity index (χ0v) is 12.2. The highest BCUT2D eigenvalue weighted by Crippen LogP contribution is 2.26. The standard InChI is InChI=1S/C14H11ClN4S/c1-9-7-20-14(18-9)10-2-4-11(5-3-10)19-13-12(15)6-16-8-17-13/h2-8H,1H3,(H,16,17,19). The van der Waals surface area contributed by atoms with E-state index in [9.17, 15) is 0 Å². The van der Waals surface area contributed by atoms with Crippen LogP contribution >= 0.6 is 22.9 Å². The van der Waals surface area contributed by atoms with Gasteiger partial charge in [-0.05, 0) is 31.2 Å². The molecule has 0 amide bonds. The second-order valence-electron chi connectivity index (χ2n) is 4.22. The lowest BCUT2D eigenvalue weighted by atomic mass is 10.2. The van der Waals surface area contributed by atoms with Gasteiger partial charge in [0.25, 0.3) is 0 Å². The summed E-state index contributed by atoms with van der Waals surface area (Å²) in [5, 5.41) is 6.71. The summed E-state index contributed by atoms with van der Waals surface area (Å²) in [5.74, 6) is 0.597. The summed E-state index contributed by atoms with van der Waals surface area (Å²) in [4.78, 5) is 12.4. The Bertz CT molecular complexity index is 724. The van der Waals surface area contributed by atoms with E-state index < -0.39 is 0 Å². The molecule has 1 aromatic carbocycles. The van der Waals surface area contributed by atoms with Crippen LogP contribution in [0.15, 0.2) is 42.2 Å². The van der Waals surface area contributed by atoms with Gasteiger partial charge in [-0.2, -0.15) is 0 Å². The molecular formula is C14H11ClN4S. The molecule has 2 aromatic heterocycles. The van der Waals surface area contributed by atoms with E-state index in [1.807, 2.05) is 36.6 Å². The minimum atomic E-state index is 0.493. The third kappa shape index (κ3) is 2.79. The van der Waals surface area contributed by atoms with E-state index in [0.29, 0.717) is 10.8 Å². The van der Waals surface area contributed by atoms with Crippen LogP contribution in [0.2, 0.25) is 5.02 Å². The predicted octanol–water partition coefficient (Wildman–Crippen LogP) is 4.31. The minimum absolute atomic E-state index is 0.493. The van der Waals surface area contributed by atoms with E-state index in [1.165, 1.54) is 6.33 Å². The van der Waals surface area contributed by atoms with Crippen LogP contribution in [0.3, 0.4) is 0 Å². The summed E-state index contributed by atoms with van der Waals surface area (Å²) in [7, 11) is 0. The highest BCUT2D eigenvalue weighted by atomic mass is 35.5. The largest absolute Gasteiger partial charge is 0.339 e. The number of aryl methyl sites for hydroxylation is 1. The maximum Gasteiger partial charge on any atom is 0.152 e. The van der Waals surface area contributed by atoms with Gasteiger partial charge in [-0.15, -0.1) is 11.3 Å². The molecule has 0 aliphatic heterocycles. The molecule has 100 valence electrons. The molecule has 3 aromatic rings. The molecule has 2 heterocycles. The second-order valence-corrected chi connectivity index (χ2v) is 5.48. The number of anilines is 2. The number of nitrogens with zero attached hydrogens (tertiary/aromatic N) is 3. The van der Waals surface area contributed by atoms with Crippen molar-refractivity contribution >= 4 is 34.4 Å². The molecule has 0 saturated carbocycles. The summed E-state index contributed by atoms with van der Waals surface area (Å²) in [6.07, 6.45) is 3.02. The van der Waals surface area contributed by atoms with Gasteiger partial charge >= 0.3 is 0 Å². The van der Waals surface area contributed by atoms with Crippen molar-refractivity contribution in [2.24, 2.45) is 0 Å². The van der Waals surface area contributed by atoms with E-state index in [2.05, 4.69) is 20.3 Å². The van der Waals surface area contributed by atoms with Gasteiger partial charge in [0.15, 0.2) is 5.82 Å². The number of hydrogen-bond acceptors (Lipinski definition) is 5. The first-order valence-electron chi connectivity index (χ1n) is 5.97. The fraction of sp³-hybridized carbons (Fsp3) is 0.0714. The number of aromatic nitrogens is 3. The van der Waals surface area contributed by atoms with Crippen molar-refractivity contribution in [3.63, 3.8) is 0 Å². The van der Waals surface area contributed by atoms with Crippen LogP contribution in [0.4, 0.5) is 11.5 Å². The van der Waals surface area contributed by atoms with E-state index in [0.717, 1.165) is 22.0 Å². The average Bonchev–Trinajstić information content (AvgIpc) is 2.89. The number of halogens is 1. The zero-order chi connectivity index (χ0) is 13.9. The molecule has 0 unspecified atom stereocenters. The Hall–Kier alpha value is -1.98. The molecule has 3 rings (SSSR count). The zero-order valence-electron chi connectivity index (χ0n) is 10.7. The molecular weight excluding hydrogens is 292 g/mol. The van der Waals surface area contributed by atoms with Gasteiger partial charge in [-0.1, -0.05) is 11.6 Å². The molecule has 0 atom stereocenters. The highest BCUT2D eigenvalue weighted by molar-refractivity contribution is 7.13. The third-order valence-corrected chi connectivity index (χ3v) is 3.97. The van der Waals surface area contributed by atoms with Gasteiger partial charge < -0.3 is 5.32 Å². The van der Waals surface area contributed by atoms with Crippen LogP contribution in [0.5, 0.6) is 0 Å². The Balaban J connectivity index is 1.82. The Morgan fingerprint density at radius 3 is 2.65 bits per heavy atom. The van der Waals surface area contributed by atoms with Crippen LogP contribution in [0, 0.1) is 6.92 Å². The second kappa shape index (κ2) is 5.56. The number of thiazole rings is 1. The van der Waals surface area contributed by atoms with Crippen molar-refractivity contribution in [2.75, 3.05) is 5.32 Å². The van der Waals surface area contributed by atoms with E-state index in [4.69, 9.17) is 11.6 Å². The van der Waals surface area contributed by atoms with Gasteiger partial charge in [-0.25, -0.2) is 15.0 Å². The maximum atomic E-state index is 6.01. The van der Waals surface area contributed by atoms with Crippen molar-refractivity contribution in [1.82, 2.24) is 15.0 Å². The molecule has 1 N–H and O–H groups in total.